The zero-order valence-electron chi connectivity index (χ0n) is 19.4. The van der Waals surface area contributed by atoms with Crippen LogP contribution in [-0.2, 0) is 29.6 Å². The van der Waals surface area contributed by atoms with Gasteiger partial charge in [0.2, 0.25) is 5.91 Å². The normalized spacial score (nSPS) is 11.6. The predicted molar refractivity (Wildman–Crippen MR) is 136 cm³/mol. The number of carbonyl (C=O) groups is 1. The molecule has 4 nitrogen and oxygen atoms in total. The van der Waals surface area contributed by atoms with Gasteiger partial charge in [0.15, 0.2) is 0 Å². The molecule has 0 aliphatic heterocycles. The topological polar surface area (TPSA) is 46.9 Å². The number of nitrogens with one attached hydrogen (secondary N) is 1. The summed E-state index contributed by atoms with van der Waals surface area (Å²) in [5.74, 6) is 0.928. The summed E-state index contributed by atoms with van der Waals surface area (Å²) in [6.07, 6.45) is 0.930. The minimum atomic E-state index is -0.0384. The maximum absolute atomic E-state index is 12.4. The second-order valence-electron chi connectivity index (χ2n) is 9.42. The molecule has 0 unspecified atom stereocenters. The third-order valence-electron chi connectivity index (χ3n) is 5.87. The maximum Gasteiger partial charge on any atom is 0.224 e. The van der Waals surface area contributed by atoms with Crippen molar-refractivity contribution in [1.82, 2.24) is 14.9 Å². The maximum atomic E-state index is 12.4. The first-order valence-corrected chi connectivity index (χ1v) is 11.7. The number of amides is 1. The molecule has 1 aromatic heterocycles. The molecule has 0 aliphatic rings. The lowest BCUT2D eigenvalue weighted by Crippen LogP contribution is -2.28. The second kappa shape index (κ2) is 9.80. The van der Waals surface area contributed by atoms with E-state index >= 15 is 0 Å². The van der Waals surface area contributed by atoms with E-state index in [9.17, 15) is 4.79 Å². The molecular weight excluding hydrogens is 430 g/mol. The van der Waals surface area contributed by atoms with Crippen LogP contribution in [-0.4, -0.2) is 22.0 Å². The smallest absolute Gasteiger partial charge is 0.224 e. The standard InChI is InChI=1S/C28H30ClN3O/c1-28(2,3)22-14-12-20(13-15-22)19-32-25-11-7-6-10-24(25)31-26(32)16-17-30-27(33)18-21-8-4-5-9-23(21)29/h4-15H,16-19H2,1-3H3,(H,30,33). The number of halogens is 1. The van der Waals surface area contributed by atoms with Crippen molar-refractivity contribution in [3.05, 3.63) is 100 Å². The van der Waals surface area contributed by atoms with Gasteiger partial charge >= 0.3 is 0 Å². The number of aromatic nitrogens is 2. The Hall–Kier alpha value is -3.11. The molecule has 0 bridgehead atoms. The summed E-state index contributed by atoms with van der Waals surface area (Å²) < 4.78 is 2.25. The monoisotopic (exact) mass is 459 g/mol. The van der Waals surface area contributed by atoms with Gasteiger partial charge in [-0.15, -0.1) is 0 Å². The van der Waals surface area contributed by atoms with Crippen molar-refractivity contribution in [2.24, 2.45) is 0 Å². The molecule has 1 heterocycles. The van der Waals surface area contributed by atoms with Gasteiger partial charge in [0.1, 0.15) is 5.82 Å². The van der Waals surface area contributed by atoms with Crippen LogP contribution in [0.5, 0.6) is 0 Å². The first-order chi connectivity index (χ1) is 15.8. The van der Waals surface area contributed by atoms with E-state index < -0.39 is 0 Å². The number of rotatable bonds is 7. The van der Waals surface area contributed by atoms with Crippen LogP contribution in [0.15, 0.2) is 72.8 Å². The lowest BCUT2D eigenvalue weighted by atomic mass is 9.87. The van der Waals surface area contributed by atoms with Crippen molar-refractivity contribution in [2.45, 2.75) is 45.6 Å². The number of fused-ring (bicyclic) bond motifs is 1. The molecule has 0 saturated heterocycles. The summed E-state index contributed by atoms with van der Waals surface area (Å²) in [7, 11) is 0. The molecule has 1 amide bonds. The average Bonchev–Trinajstić information content (AvgIpc) is 3.12. The van der Waals surface area contributed by atoms with Crippen molar-refractivity contribution in [1.29, 1.82) is 0 Å². The van der Waals surface area contributed by atoms with Crippen LogP contribution in [0.4, 0.5) is 0 Å². The summed E-state index contributed by atoms with van der Waals surface area (Å²) in [6, 6.07) is 24.5. The van der Waals surface area contributed by atoms with Gasteiger partial charge in [-0.3, -0.25) is 4.79 Å². The van der Waals surface area contributed by atoms with Gasteiger partial charge in [0, 0.05) is 24.5 Å². The summed E-state index contributed by atoms with van der Waals surface area (Å²) in [5.41, 5.74) is 5.60. The van der Waals surface area contributed by atoms with E-state index in [2.05, 4.69) is 61.0 Å². The minimum Gasteiger partial charge on any atom is -0.355 e. The third kappa shape index (κ3) is 5.63. The molecule has 4 rings (SSSR count). The zero-order valence-corrected chi connectivity index (χ0v) is 20.2. The van der Waals surface area contributed by atoms with Crippen molar-refractivity contribution in [3.8, 4) is 0 Å². The van der Waals surface area contributed by atoms with Crippen LogP contribution in [0.3, 0.4) is 0 Å². The Labute approximate surface area is 200 Å². The molecule has 0 aliphatic carbocycles. The highest BCUT2D eigenvalue weighted by Crippen LogP contribution is 2.24. The highest BCUT2D eigenvalue weighted by atomic mass is 35.5. The van der Waals surface area contributed by atoms with Crippen molar-refractivity contribution < 1.29 is 4.79 Å². The second-order valence-corrected chi connectivity index (χ2v) is 9.83. The van der Waals surface area contributed by atoms with Crippen LogP contribution < -0.4 is 5.32 Å². The summed E-state index contributed by atoms with van der Waals surface area (Å²) in [5, 5.41) is 3.63. The quantitative estimate of drug-likeness (QED) is 0.372. The Kier molecular flexibility index (Phi) is 6.85. The number of benzene rings is 3. The SMILES string of the molecule is CC(C)(C)c1ccc(Cn2c(CCNC(=O)Cc3ccccc3Cl)nc3ccccc32)cc1. The molecule has 3 aromatic carbocycles. The highest BCUT2D eigenvalue weighted by Gasteiger charge is 2.15. The van der Waals surface area contributed by atoms with Crippen LogP contribution in [0.25, 0.3) is 11.0 Å². The number of nitrogens with zero attached hydrogens (tertiary/aromatic N) is 2. The molecule has 5 heteroatoms. The zero-order chi connectivity index (χ0) is 23.4. The molecule has 0 saturated carbocycles. The van der Waals surface area contributed by atoms with Gasteiger partial charge < -0.3 is 9.88 Å². The molecule has 33 heavy (non-hydrogen) atoms. The van der Waals surface area contributed by atoms with Crippen molar-refractivity contribution >= 4 is 28.5 Å². The number of carbonyl (C=O) groups excluding carboxylic acids is 1. The fourth-order valence-electron chi connectivity index (χ4n) is 3.98. The van der Waals surface area contributed by atoms with Crippen molar-refractivity contribution in [2.75, 3.05) is 6.54 Å². The molecule has 0 fully saturated rings. The van der Waals surface area contributed by atoms with Gasteiger partial charge in [-0.05, 0) is 40.3 Å². The van der Waals surface area contributed by atoms with E-state index in [0.717, 1.165) is 29.0 Å². The minimum absolute atomic E-state index is 0.0384. The fraction of sp³-hybridized carbons (Fsp3) is 0.286. The van der Waals surface area contributed by atoms with Crippen molar-refractivity contribution in [3.63, 3.8) is 0 Å². The Balaban J connectivity index is 1.47. The Morgan fingerprint density at radius 2 is 1.67 bits per heavy atom. The van der Waals surface area contributed by atoms with Gasteiger partial charge in [-0.25, -0.2) is 4.98 Å². The molecular formula is C28H30ClN3O. The Morgan fingerprint density at radius 1 is 0.970 bits per heavy atom. The van der Waals surface area contributed by atoms with Crippen LogP contribution >= 0.6 is 11.6 Å². The molecule has 0 atom stereocenters. The summed E-state index contributed by atoms with van der Waals surface area (Å²) in [4.78, 5) is 17.3. The molecule has 4 aromatic rings. The number of imidazole rings is 1. The average molecular weight is 460 g/mol. The first kappa shape index (κ1) is 23.1. The Bertz CT molecular complexity index is 1250. The number of hydrogen-bond acceptors (Lipinski definition) is 2. The summed E-state index contributed by atoms with van der Waals surface area (Å²) >= 11 is 6.18. The van der Waals surface area contributed by atoms with Crippen LogP contribution in [0, 0.1) is 0 Å². The van der Waals surface area contributed by atoms with Crippen LogP contribution in [0.1, 0.15) is 43.3 Å². The van der Waals surface area contributed by atoms with Gasteiger partial charge in [-0.2, -0.15) is 0 Å². The lowest BCUT2D eigenvalue weighted by Gasteiger charge is -2.19. The fourth-order valence-corrected chi connectivity index (χ4v) is 4.18. The van der Waals surface area contributed by atoms with Gasteiger partial charge in [0.25, 0.3) is 0 Å². The van der Waals surface area contributed by atoms with E-state index in [1.54, 1.807) is 6.07 Å². The van der Waals surface area contributed by atoms with E-state index in [4.69, 9.17) is 16.6 Å². The van der Waals surface area contributed by atoms with E-state index in [1.807, 2.05) is 36.4 Å². The molecule has 170 valence electrons. The highest BCUT2D eigenvalue weighted by molar-refractivity contribution is 6.31. The molecule has 1 N–H and O–H groups in total. The lowest BCUT2D eigenvalue weighted by molar-refractivity contribution is -0.120. The van der Waals surface area contributed by atoms with E-state index in [1.165, 1.54) is 11.1 Å². The van der Waals surface area contributed by atoms with Crippen LogP contribution in [0.2, 0.25) is 5.02 Å². The largest absolute Gasteiger partial charge is 0.355 e. The number of hydrogen-bond donors (Lipinski definition) is 1. The van der Waals surface area contributed by atoms with E-state index in [0.29, 0.717) is 18.0 Å². The predicted octanol–water partition coefficient (Wildman–Crippen LogP) is 5.94. The summed E-state index contributed by atoms with van der Waals surface area (Å²) in [6.45, 7) is 7.94. The molecule has 0 spiro atoms. The van der Waals surface area contributed by atoms with Gasteiger partial charge in [0.05, 0.1) is 17.5 Å². The molecule has 0 radical (unpaired) electrons. The Morgan fingerprint density at radius 3 is 2.39 bits per heavy atom. The van der Waals surface area contributed by atoms with E-state index in [-0.39, 0.29) is 17.7 Å². The first-order valence-electron chi connectivity index (χ1n) is 11.3. The third-order valence-corrected chi connectivity index (χ3v) is 6.24. The van der Waals surface area contributed by atoms with Gasteiger partial charge in [-0.1, -0.05) is 87.0 Å². The number of para-hydroxylation sites is 2.